The number of halogens is 3. The van der Waals surface area contributed by atoms with E-state index in [2.05, 4.69) is 4.74 Å². The fourth-order valence-electron chi connectivity index (χ4n) is 1.32. The van der Waals surface area contributed by atoms with Crippen LogP contribution in [0.15, 0.2) is 18.2 Å². The van der Waals surface area contributed by atoms with Crippen LogP contribution in [0.3, 0.4) is 0 Å². The summed E-state index contributed by atoms with van der Waals surface area (Å²) in [6.07, 6.45) is -4.04. The highest BCUT2D eigenvalue weighted by Gasteiger charge is 2.31. The zero-order chi connectivity index (χ0) is 12.2. The van der Waals surface area contributed by atoms with Gasteiger partial charge >= 0.3 is 6.36 Å². The predicted octanol–water partition coefficient (Wildman–Crippen LogP) is 3.21. The summed E-state index contributed by atoms with van der Waals surface area (Å²) < 4.78 is 39.8. The van der Waals surface area contributed by atoms with E-state index in [1.165, 1.54) is 12.1 Å². The Morgan fingerprint density at radius 1 is 1.25 bits per heavy atom. The molecule has 0 spiro atoms. The van der Waals surface area contributed by atoms with Gasteiger partial charge in [0.15, 0.2) is 0 Å². The first kappa shape index (κ1) is 12.4. The lowest BCUT2D eigenvalue weighted by molar-refractivity contribution is -0.274. The Bertz CT molecular complexity index is 407. The van der Waals surface area contributed by atoms with Crippen LogP contribution in [0, 0.1) is 11.3 Å². The van der Waals surface area contributed by atoms with Crippen molar-refractivity contribution in [3.8, 4) is 11.8 Å². The van der Waals surface area contributed by atoms with Gasteiger partial charge < -0.3 is 4.74 Å². The molecule has 86 valence electrons. The number of aryl methyl sites for hydroxylation is 1. The van der Waals surface area contributed by atoms with E-state index in [-0.39, 0.29) is 12.2 Å². The van der Waals surface area contributed by atoms with Crippen LogP contribution in [0.5, 0.6) is 5.75 Å². The maximum atomic E-state index is 12.0. The Hall–Kier alpha value is -1.70. The van der Waals surface area contributed by atoms with Gasteiger partial charge in [0.1, 0.15) is 5.75 Å². The molecule has 0 saturated carbocycles. The molecule has 0 aromatic heterocycles. The predicted molar refractivity (Wildman–Crippen MR) is 51.8 cm³/mol. The molecule has 1 aromatic rings. The van der Waals surface area contributed by atoms with Crippen LogP contribution in [0.2, 0.25) is 0 Å². The summed E-state index contributed by atoms with van der Waals surface area (Å²) in [5.41, 5.74) is 1.24. The molecule has 0 heterocycles. The molecule has 5 heteroatoms. The minimum absolute atomic E-state index is 0.0715. The van der Waals surface area contributed by atoms with E-state index < -0.39 is 6.36 Å². The number of rotatable bonds is 3. The van der Waals surface area contributed by atoms with E-state index in [1.807, 2.05) is 13.0 Å². The van der Waals surface area contributed by atoms with Crippen molar-refractivity contribution in [2.45, 2.75) is 26.1 Å². The Labute approximate surface area is 91.3 Å². The first-order chi connectivity index (χ1) is 7.44. The van der Waals surface area contributed by atoms with E-state index in [0.717, 1.165) is 0 Å². The fraction of sp³-hybridized carbons (Fsp3) is 0.364. The number of benzene rings is 1. The molecule has 0 aliphatic heterocycles. The third kappa shape index (κ3) is 3.81. The Morgan fingerprint density at radius 3 is 2.38 bits per heavy atom. The Kier molecular flexibility index (Phi) is 3.78. The van der Waals surface area contributed by atoms with Crippen molar-refractivity contribution in [2.24, 2.45) is 0 Å². The van der Waals surface area contributed by atoms with Crippen molar-refractivity contribution < 1.29 is 17.9 Å². The summed E-state index contributed by atoms with van der Waals surface area (Å²) in [6, 6.07) is 6.15. The Morgan fingerprint density at radius 2 is 1.88 bits per heavy atom. The summed E-state index contributed by atoms with van der Waals surface area (Å²) in [5.74, 6) is -0.267. The first-order valence-corrected chi connectivity index (χ1v) is 4.70. The largest absolute Gasteiger partial charge is 0.573 e. The summed E-state index contributed by atoms with van der Waals surface area (Å²) in [7, 11) is 0. The molecular formula is C11H10F3NO. The molecule has 1 rings (SSSR count). The third-order valence-electron chi connectivity index (χ3n) is 1.95. The normalized spacial score (nSPS) is 10.9. The summed E-state index contributed by atoms with van der Waals surface area (Å²) in [6.45, 7) is 1.82. The molecule has 16 heavy (non-hydrogen) atoms. The van der Waals surface area contributed by atoms with Gasteiger partial charge in [-0.1, -0.05) is 13.0 Å². The molecule has 0 aliphatic carbocycles. The fourth-order valence-corrected chi connectivity index (χ4v) is 1.32. The van der Waals surface area contributed by atoms with Gasteiger partial charge in [-0.2, -0.15) is 5.26 Å². The highest BCUT2D eigenvalue weighted by Crippen LogP contribution is 2.25. The highest BCUT2D eigenvalue weighted by molar-refractivity contribution is 5.35. The minimum atomic E-state index is -4.70. The van der Waals surface area contributed by atoms with Gasteiger partial charge in [-0.25, -0.2) is 0 Å². The molecule has 0 radical (unpaired) electrons. The van der Waals surface area contributed by atoms with Crippen molar-refractivity contribution in [3.05, 3.63) is 29.3 Å². The van der Waals surface area contributed by atoms with Gasteiger partial charge in [-0.15, -0.1) is 13.2 Å². The number of nitriles is 1. The van der Waals surface area contributed by atoms with Crippen LogP contribution in [-0.4, -0.2) is 6.36 Å². The van der Waals surface area contributed by atoms with Crippen molar-refractivity contribution in [3.63, 3.8) is 0 Å². The number of hydrogen-bond acceptors (Lipinski definition) is 2. The maximum Gasteiger partial charge on any atom is 0.573 e. The molecule has 0 unspecified atom stereocenters. The van der Waals surface area contributed by atoms with Crippen molar-refractivity contribution in [1.82, 2.24) is 0 Å². The lowest BCUT2D eigenvalue weighted by atomic mass is 10.1. The molecule has 0 N–H and O–H groups in total. The molecule has 0 bridgehead atoms. The number of nitrogens with zero attached hydrogens (tertiary/aromatic N) is 1. The monoisotopic (exact) mass is 229 g/mol. The van der Waals surface area contributed by atoms with Gasteiger partial charge in [-0.3, -0.25) is 0 Å². The molecule has 0 amide bonds. The van der Waals surface area contributed by atoms with Crippen LogP contribution < -0.4 is 4.74 Å². The Balaban J connectivity index is 3.00. The van der Waals surface area contributed by atoms with E-state index in [0.29, 0.717) is 17.5 Å². The number of alkyl halides is 3. The van der Waals surface area contributed by atoms with Gasteiger partial charge in [0.25, 0.3) is 0 Å². The topological polar surface area (TPSA) is 33.0 Å². The van der Waals surface area contributed by atoms with Crippen LogP contribution >= 0.6 is 0 Å². The average Bonchev–Trinajstić information content (AvgIpc) is 2.15. The maximum absolute atomic E-state index is 12.0. The highest BCUT2D eigenvalue weighted by atomic mass is 19.4. The second-order valence-corrected chi connectivity index (χ2v) is 3.22. The van der Waals surface area contributed by atoms with Crippen molar-refractivity contribution >= 4 is 0 Å². The van der Waals surface area contributed by atoms with Crippen molar-refractivity contribution in [1.29, 1.82) is 5.26 Å². The van der Waals surface area contributed by atoms with Crippen LogP contribution in [-0.2, 0) is 12.8 Å². The van der Waals surface area contributed by atoms with Crippen LogP contribution in [0.1, 0.15) is 18.1 Å². The second kappa shape index (κ2) is 4.88. The lowest BCUT2D eigenvalue weighted by Gasteiger charge is -2.11. The van der Waals surface area contributed by atoms with Gasteiger partial charge in [0.2, 0.25) is 0 Å². The summed E-state index contributed by atoms with van der Waals surface area (Å²) >= 11 is 0. The SMILES string of the molecule is CCc1cc(CC#N)cc(OC(F)(F)F)c1. The van der Waals surface area contributed by atoms with Gasteiger partial charge in [-0.05, 0) is 29.7 Å². The molecule has 0 saturated heterocycles. The average molecular weight is 229 g/mol. The molecule has 2 nitrogen and oxygen atoms in total. The standard InChI is InChI=1S/C11H10F3NO/c1-2-8-5-9(3-4-15)7-10(6-8)16-11(12,13)14/h5-7H,2-3H2,1H3. The zero-order valence-corrected chi connectivity index (χ0v) is 8.64. The van der Waals surface area contributed by atoms with Crippen LogP contribution in [0.4, 0.5) is 13.2 Å². The second-order valence-electron chi connectivity index (χ2n) is 3.22. The van der Waals surface area contributed by atoms with Gasteiger partial charge in [0, 0.05) is 0 Å². The molecule has 1 aromatic carbocycles. The number of hydrogen-bond donors (Lipinski definition) is 0. The van der Waals surface area contributed by atoms with E-state index in [1.54, 1.807) is 6.07 Å². The summed E-state index contributed by atoms with van der Waals surface area (Å²) in [5, 5.41) is 8.49. The quantitative estimate of drug-likeness (QED) is 0.797. The summed E-state index contributed by atoms with van der Waals surface area (Å²) in [4.78, 5) is 0. The van der Waals surface area contributed by atoms with E-state index in [9.17, 15) is 13.2 Å². The van der Waals surface area contributed by atoms with Crippen molar-refractivity contribution in [2.75, 3.05) is 0 Å². The zero-order valence-electron chi connectivity index (χ0n) is 8.64. The lowest BCUT2D eigenvalue weighted by Crippen LogP contribution is -2.17. The molecular weight excluding hydrogens is 219 g/mol. The third-order valence-corrected chi connectivity index (χ3v) is 1.95. The van der Waals surface area contributed by atoms with Crippen LogP contribution in [0.25, 0.3) is 0 Å². The smallest absolute Gasteiger partial charge is 0.406 e. The molecule has 0 atom stereocenters. The number of ether oxygens (including phenoxy) is 1. The van der Waals surface area contributed by atoms with E-state index in [4.69, 9.17) is 5.26 Å². The first-order valence-electron chi connectivity index (χ1n) is 4.70. The molecule has 0 fully saturated rings. The molecule has 0 aliphatic rings. The van der Waals surface area contributed by atoms with E-state index >= 15 is 0 Å². The van der Waals surface area contributed by atoms with Gasteiger partial charge in [0.05, 0.1) is 12.5 Å². The minimum Gasteiger partial charge on any atom is -0.406 e.